The predicted octanol–water partition coefficient (Wildman–Crippen LogP) is 2.95. The molecule has 3 rings (SSSR count). The van der Waals surface area contributed by atoms with Crippen molar-refractivity contribution in [3.8, 4) is 0 Å². The highest BCUT2D eigenvalue weighted by molar-refractivity contribution is 5.47. The van der Waals surface area contributed by atoms with Gasteiger partial charge in [-0.1, -0.05) is 20.8 Å². The molecule has 21 heavy (non-hydrogen) atoms. The zero-order valence-electron chi connectivity index (χ0n) is 13.3. The summed E-state index contributed by atoms with van der Waals surface area (Å²) in [6, 6.07) is 2.17. The lowest BCUT2D eigenvalue weighted by molar-refractivity contribution is 0.337. The highest BCUT2D eigenvalue weighted by atomic mass is 15.4. The van der Waals surface area contributed by atoms with Crippen LogP contribution in [0.5, 0.6) is 0 Å². The average molecular weight is 287 g/mol. The Morgan fingerprint density at radius 1 is 1.29 bits per heavy atom. The van der Waals surface area contributed by atoms with Crippen LogP contribution >= 0.6 is 0 Å². The van der Waals surface area contributed by atoms with Crippen LogP contribution in [0, 0.1) is 11.8 Å². The second-order valence-corrected chi connectivity index (χ2v) is 6.49. The van der Waals surface area contributed by atoms with Gasteiger partial charge in [-0.3, -0.25) is 0 Å². The zero-order chi connectivity index (χ0) is 14.8. The molecule has 1 aliphatic rings. The van der Waals surface area contributed by atoms with Gasteiger partial charge < -0.3 is 4.90 Å². The summed E-state index contributed by atoms with van der Waals surface area (Å²) in [5.41, 5.74) is 1.09. The average Bonchev–Trinajstić information content (AvgIpc) is 2.94. The number of hydrogen-bond donors (Lipinski definition) is 0. The third-order valence-electron chi connectivity index (χ3n) is 4.39. The first kappa shape index (κ1) is 14.3. The van der Waals surface area contributed by atoms with Gasteiger partial charge in [0.05, 0.1) is 0 Å². The normalized spacial score (nSPS) is 17.0. The lowest BCUT2D eigenvalue weighted by Gasteiger charge is -2.34. The van der Waals surface area contributed by atoms with Crippen molar-refractivity contribution in [1.29, 1.82) is 0 Å². The molecule has 5 heteroatoms. The minimum absolute atomic E-state index is 0.716. The summed E-state index contributed by atoms with van der Waals surface area (Å²) in [5.74, 6) is 3.54. The number of nitrogens with zero attached hydrogens (tertiary/aromatic N) is 5. The Kier molecular flexibility index (Phi) is 4.08. The molecule has 2 aromatic rings. The molecule has 0 radical (unpaired) electrons. The Morgan fingerprint density at radius 3 is 2.71 bits per heavy atom. The Bertz CT molecular complexity index is 596. The lowest BCUT2D eigenvalue weighted by atomic mass is 9.88. The fourth-order valence-electron chi connectivity index (χ4n) is 3.31. The molecule has 5 nitrogen and oxygen atoms in total. The van der Waals surface area contributed by atoms with Gasteiger partial charge in [-0.05, 0) is 37.5 Å². The summed E-state index contributed by atoms with van der Waals surface area (Å²) in [4.78, 5) is 11.2. The van der Waals surface area contributed by atoms with Crippen LogP contribution in [-0.2, 0) is 6.42 Å². The number of fused-ring (bicyclic) bond motifs is 1. The molecule has 1 aliphatic heterocycles. The van der Waals surface area contributed by atoms with Gasteiger partial charge in [0.25, 0.3) is 5.78 Å². The molecule has 0 aliphatic carbocycles. The van der Waals surface area contributed by atoms with Crippen molar-refractivity contribution >= 4 is 11.6 Å². The second kappa shape index (κ2) is 6.00. The second-order valence-electron chi connectivity index (χ2n) is 6.49. The van der Waals surface area contributed by atoms with Gasteiger partial charge in [0.15, 0.2) is 0 Å². The van der Waals surface area contributed by atoms with Crippen LogP contribution in [0.25, 0.3) is 5.78 Å². The van der Waals surface area contributed by atoms with Crippen LogP contribution in [0.15, 0.2) is 12.4 Å². The molecule has 3 heterocycles. The first-order chi connectivity index (χ1) is 10.2. The fourth-order valence-corrected chi connectivity index (χ4v) is 3.31. The third kappa shape index (κ3) is 3.01. The van der Waals surface area contributed by atoms with E-state index in [9.17, 15) is 0 Å². The highest BCUT2D eigenvalue weighted by Gasteiger charge is 2.22. The van der Waals surface area contributed by atoms with Crippen LogP contribution in [0.4, 0.5) is 5.82 Å². The van der Waals surface area contributed by atoms with Crippen molar-refractivity contribution in [2.45, 2.75) is 46.5 Å². The lowest BCUT2D eigenvalue weighted by Crippen LogP contribution is -2.35. The van der Waals surface area contributed by atoms with Crippen molar-refractivity contribution in [3.05, 3.63) is 18.1 Å². The van der Waals surface area contributed by atoms with Crippen molar-refractivity contribution in [2.24, 2.45) is 11.8 Å². The van der Waals surface area contributed by atoms with Crippen molar-refractivity contribution in [1.82, 2.24) is 19.6 Å². The molecular formula is C16H25N5. The van der Waals surface area contributed by atoms with Gasteiger partial charge in [-0.25, -0.2) is 4.98 Å². The molecule has 0 amide bonds. The van der Waals surface area contributed by atoms with Crippen LogP contribution in [-0.4, -0.2) is 32.7 Å². The van der Waals surface area contributed by atoms with E-state index >= 15 is 0 Å². The number of rotatable bonds is 4. The van der Waals surface area contributed by atoms with E-state index in [4.69, 9.17) is 0 Å². The predicted molar refractivity (Wildman–Crippen MR) is 84.6 cm³/mol. The summed E-state index contributed by atoms with van der Waals surface area (Å²) >= 11 is 0. The third-order valence-corrected chi connectivity index (χ3v) is 4.39. The van der Waals surface area contributed by atoms with Crippen LogP contribution < -0.4 is 4.90 Å². The first-order valence-electron chi connectivity index (χ1n) is 8.12. The van der Waals surface area contributed by atoms with E-state index in [0.29, 0.717) is 5.78 Å². The van der Waals surface area contributed by atoms with Gasteiger partial charge in [0.2, 0.25) is 0 Å². The van der Waals surface area contributed by atoms with Crippen LogP contribution in [0.2, 0.25) is 0 Å². The molecule has 114 valence electrons. The largest absolute Gasteiger partial charge is 0.356 e. The molecule has 0 saturated carbocycles. The van der Waals surface area contributed by atoms with Crippen molar-refractivity contribution < 1.29 is 0 Å². The summed E-state index contributed by atoms with van der Waals surface area (Å²) in [6.45, 7) is 9.00. The van der Waals surface area contributed by atoms with Crippen LogP contribution in [0.1, 0.15) is 45.7 Å². The van der Waals surface area contributed by atoms with E-state index in [0.717, 1.165) is 42.9 Å². The Balaban J connectivity index is 1.80. The first-order valence-corrected chi connectivity index (χ1v) is 8.12. The summed E-state index contributed by atoms with van der Waals surface area (Å²) in [5, 5.41) is 4.34. The molecule has 1 fully saturated rings. The molecule has 0 unspecified atom stereocenters. The maximum atomic E-state index is 4.53. The maximum Gasteiger partial charge on any atom is 0.254 e. The van der Waals surface area contributed by atoms with Gasteiger partial charge >= 0.3 is 0 Å². The van der Waals surface area contributed by atoms with E-state index < -0.39 is 0 Å². The quantitative estimate of drug-likeness (QED) is 0.867. The topological polar surface area (TPSA) is 46.3 Å². The molecule has 0 aromatic carbocycles. The molecule has 0 N–H and O–H groups in total. The standard InChI is InChI=1S/C16H25N5/c1-4-14-10-15(21-16(19-14)17-11-18-21)20-7-5-13(6-8-20)9-12(2)3/h10-13H,4-9H2,1-3H3. The van der Waals surface area contributed by atoms with Crippen molar-refractivity contribution in [2.75, 3.05) is 18.0 Å². The monoisotopic (exact) mass is 287 g/mol. The number of anilines is 1. The molecule has 0 atom stereocenters. The van der Waals surface area contributed by atoms with Gasteiger partial charge in [-0.2, -0.15) is 14.6 Å². The van der Waals surface area contributed by atoms with E-state index in [1.54, 1.807) is 6.33 Å². The highest BCUT2D eigenvalue weighted by Crippen LogP contribution is 2.27. The molecule has 0 spiro atoms. The zero-order valence-corrected chi connectivity index (χ0v) is 13.3. The SMILES string of the molecule is CCc1cc(N2CCC(CC(C)C)CC2)n2ncnc2n1. The number of aromatic nitrogens is 4. The molecular weight excluding hydrogens is 262 g/mol. The van der Waals surface area contributed by atoms with E-state index in [1.807, 2.05) is 4.52 Å². The fraction of sp³-hybridized carbons (Fsp3) is 0.688. The van der Waals surface area contributed by atoms with E-state index in [2.05, 4.69) is 46.8 Å². The smallest absolute Gasteiger partial charge is 0.254 e. The number of piperidine rings is 1. The number of hydrogen-bond acceptors (Lipinski definition) is 4. The molecule has 2 aromatic heterocycles. The summed E-state index contributed by atoms with van der Waals surface area (Å²) in [7, 11) is 0. The summed E-state index contributed by atoms with van der Waals surface area (Å²) in [6.07, 6.45) is 6.43. The minimum atomic E-state index is 0.716. The van der Waals surface area contributed by atoms with E-state index in [1.165, 1.54) is 19.3 Å². The number of aryl methyl sites for hydroxylation is 1. The maximum absolute atomic E-state index is 4.53. The Labute approximate surface area is 126 Å². The van der Waals surface area contributed by atoms with E-state index in [-0.39, 0.29) is 0 Å². The minimum Gasteiger partial charge on any atom is -0.356 e. The van der Waals surface area contributed by atoms with Gasteiger partial charge in [0, 0.05) is 24.8 Å². The van der Waals surface area contributed by atoms with Gasteiger partial charge in [0.1, 0.15) is 12.1 Å². The van der Waals surface area contributed by atoms with Gasteiger partial charge in [-0.15, -0.1) is 0 Å². The molecule has 1 saturated heterocycles. The summed E-state index contributed by atoms with van der Waals surface area (Å²) < 4.78 is 1.88. The van der Waals surface area contributed by atoms with Crippen molar-refractivity contribution in [3.63, 3.8) is 0 Å². The Hall–Kier alpha value is -1.65. The van der Waals surface area contributed by atoms with Crippen LogP contribution in [0.3, 0.4) is 0 Å². The Morgan fingerprint density at radius 2 is 2.05 bits per heavy atom. The molecule has 0 bridgehead atoms.